The van der Waals surface area contributed by atoms with Crippen LogP contribution in [0.4, 0.5) is 10.6 Å². The zero-order valence-corrected chi connectivity index (χ0v) is 11.1. The number of amides is 2. The molecule has 0 aliphatic heterocycles. The topological polar surface area (TPSA) is 54.0 Å². The summed E-state index contributed by atoms with van der Waals surface area (Å²) in [6.45, 7) is 4.82. The van der Waals surface area contributed by atoms with E-state index in [4.69, 9.17) is 0 Å². The molecule has 1 aromatic rings. The predicted molar refractivity (Wildman–Crippen MR) is 73.4 cm³/mol. The molecule has 0 atom stereocenters. The Balaban J connectivity index is 2.50. The maximum Gasteiger partial charge on any atom is 0.320 e. The van der Waals surface area contributed by atoms with Gasteiger partial charge in [-0.25, -0.2) is 9.78 Å². The van der Waals surface area contributed by atoms with Crippen molar-refractivity contribution in [2.75, 3.05) is 17.6 Å². The fourth-order valence-electron chi connectivity index (χ4n) is 1.25. The van der Waals surface area contributed by atoms with Crippen LogP contribution in [-0.4, -0.2) is 23.3 Å². The Hall–Kier alpha value is -1.23. The Labute approximate surface area is 107 Å². The molecule has 94 valence electrons. The fraction of sp³-hybridized carbons (Fsp3) is 0.500. The van der Waals surface area contributed by atoms with Crippen molar-refractivity contribution in [3.8, 4) is 0 Å². The predicted octanol–water partition coefficient (Wildman–Crippen LogP) is 2.87. The van der Waals surface area contributed by atoms with Crippen LogP contribution >= 0.6 is 11.8 Å². The van der Waals surface area contributed by atoms with Crippen LogP contribution in [0.5, 0.6) is 0 Å². The lowest BCUT2D eigenvalue weighted by molar-refractivity contribution is 0.252. The lowest BCUT2D eigenvalue weighted by atomic mass is 10.3. The zero-order valence-electron chi connectivity index (χ0n) is 10.3. The van der Waals surface area contributed by atoms with Crippen LogP contribution in [0.15, 0.2) is 18.3 Å². The molecule has 5 heteroatoms. The summed E-state index contributed by atoms with van der Waals surface area (Å²) >= 11 is 1.85. The second-order valence-corrected chi connectivity index (χ2v) is 4.84. The van der Waals surface area contributed by atoms with Gasteiger partial charge in [0.15, 0.2) is 0 Å². The summed E-state index contributed by atoms with van der Waals surface area (Å²) in [5.74, 6) is 2.64. The molecular formula is C12H19N3OS. The lowest BCUT2D eigenvalue weighted by Gasteiger charge is -2.07. The molecule has 0 saturated heterocycles. The van der Waals surface area contributed by atoms with Crippen LogP contribution in [0.3, 0.4) is 0 Å². The second-order valence-electron chi connectivity index (χ2n) is 3.57. The molecule has 0 aliphatic rings. The van der Waals surface area contributed by atoms with Gasteiger partial charge in [0.2, 0.25) is 0 Å². The van der Waals surface area contributed by atoms with E-state index in [1.165, 1.54) is 5.56 Å². The van der Waals surface area contributed by atoms with Crippen molar-refractivity contribution in [3.63, 3.8) is 0 Å². The molecular weight excluding hydrogens is 234 g/mol. The number of hydrogen-bond acceptors (Lipinski definition) is 3. The van der Waals surface area contributed by atoms with E-state index in [0.29, 0.717) is 12.4 Å². The lowest BCUT2D eigenvalue weighted by Crippen LogP contribution is -2.29. The molecule has 0 aromatic carbocycles. The molecule has 4 nitrogen and oxygen atoms in total. The minimum atomic E-state index is -0.195. The second kappa shape index (κ2) is 7.95. The summed E-state index contributed by atoms with van der Waals surface area (Å²) in [6, 6.07) is 3.69. The number of hydrogen-bond donors (Lipinski definition) is 2. The monoisotopic (exact) mass is 253 g/mol. The van der Waals surface area contributed by atoms with Crippen LogP contribution in [0.25, 0.3) is 0 Å². The molecule has 0 fully saturated rings. The Morgan fingerprint density at radius 1 is 1.47 bits per heavy atom. The van der Waals surface area contributed by atoms with Gasteiger partial charge in [-0.15, -0.1) is 0 Å². The SMILES string of the molecule is CCCNC(=O)Nc1cc(CSCC)ccn1. The number of nitrogens with zero attached hydrogens (tertiary/aromatic N) is 1. The van der Waals surface area contributed by atoms with Crippen molar-refractivity contribution in [3.05, 3.63) is 23.9 Å². The number of urea groups is 1. The van der Waals surface area contributed by atoms with E-state index in [1.807, 2.05) is 30.8 Å². The third-order valence-corrected chi connectivity index (χ3v) is 3.02. The molecule has 0 unspecified atom stereocenters. The standard InChI is InChI=1S/C12H19N3OS/c1-3-6-14-12(16)15-11-8-10(5-7-13-11)9-17-4-2/h5,7-8H,3-4,6,9H2,1-2H3,(H2,13,14,15,16). The smallest absolute Gasteiger partial charge is 0.320 e. The Kier molecular flexibility index (Phi) is 6.47. The number of thioether (sulfide) groups is 1. The first-order valence-corrected chi connectivity index (χ1v) is 6.99. The Morgan fingerprint density at radius 3 is 3.00 bits per heavy atom. The summed E-state index contributed by atoms with van der Waals surface area (Å²) in [6.07, 6.45) is 2.65. The van der Waals surface area contributed by atoms with Crippen LogP contribution in [-0.2, 0) is 5.75 Å². The van der Waals surface area contributed by atoms with Crippen molar-refractivity contribution in [2.24, 2.45) is 0 Å². The molecule has 1 heterocycles. The minimum Gasteiger partial charge on any atom is -0.338 e. The van der Waals surface area contributed by atoms with Crippen molar-refractivity contribution >= 4 is 23.6 Å². The number of aromatic nitrogens is 1. The molecule has 2 N–H and O–H groups in total. The number of rotatable bonds is 6. The summed E-state index contributed by atoms with van der Waals surface area (Å²) in [5, 5.41) is 5.47. The summed E-state index contributed by atoms with van der Waals surface area (Å²) < 4.78 is 0. The van der Waals surface area contributed by atoms with Gasteiger partial charge in [-0.3, -0.25) is 5.32 Å². The first-order valence-electron chi connectivity index (χ1n) is 5.83. The van der Waals surface area contributed by atoms with Gasteiger partial charge in [-0.05, 0) is 29.9 Å². The maximum atomic E-state index is 11.4. The van der Waals surface area contributed by atoms with Gasteiger partial charge < -0.3 is 5.32 Å². The van der Waals surface area contributed by atoms with Gasteiger partial charge in [0.25, 0.3) is 0 Å². The van der Waals surface area contributed by atoms with Gasteiger partial charge in [0, 0.05) is 18.5 Å². The van der Waals surface area contributed by atoms with E-state index in [1.54, 1.807) is 6.20 Å². The van der Waals surface area contributed by atoms with E-state index < -0.39 is 0 Å². The molecule has 2 amide bonds. The average Bonchev–Trinajstić information content (AvgIpc) is 2.34. The van der Waals surface area contributed by atoms with Crippen molar-refractivity contribution in [1.29, 1.82) is 0 Å². The van der Waals surface area contributed by atoms with Crippen LogP contribution < -0.4 is 10.6 Å². The van der Waals surface area contributed by atoms with Crippen LogP contribution in [0.1, 0.15) is 25.8 Å². The average molecular weight is 253 g/mol. The number of anilines is 1. The molecule has 17 heavy (non-hydrogen) atoms. The number of carbonyl (C=O) groups excluding carboxylic acids is 1. The van der Waals surface area contributed by atoms with Gasteiger partial charge in [-0.1, -0.05) is 13.8 Å². The Morgan fingerprint density at radius 2 is 2.29 bits per heavy atom. The summed E-state index contributed by atoms with van der Waals surface area (Å²) in [5.41, 5.74) is 1.18. The molecule has 1 aromatic heterocycles. The molecule has 0 aliphatic carbocycles. The number of carbonyl (C=O) groups is 1. The van der Waals surface area contributed by atoms with E-state index >= 15 is 0 Å². The van der Waals surface area contributed by atoms with Crippen LogP contribution in [0, 0.1) is 0 Å². The van der Waals surface area contributed by atoms with Gasteiger partial charge in [-0.2, -0.15) is 11.8 Å². The highest BCUT2D eigenvalue weighted by molar-refractivity contribution is 7.98. The van der Waals surface area contributed by atoms with Gasteiger partial charge in [0.1, 0.15) is 5.82 Å². The van der Waals surface area contributed by atoms with Crippen molar-refractivity contribution in [1.82, 2.24) is 10.3 Å². The number of pyridine rings is 1. The molecule has 1 rings (SSSR count). The zero-order chi connectivity index (χ0) is 12.5. The van der Waals surface area contributed by atoms with Gasteiger partial charge >= 0.3 is 6.03 Å². The van der Waals surface area contributed by atoms with E-state index in [9.17, 15) is 4.79 Å². The highest BCUT2D eigenvalue weighted by Crippen LogP contribution is 2.13. The highest BCUT2D eigenvalue weighted by Gasteiger charge is 2.02. The molecule has 0 radical (unpaired) electrons. The largest absolute Gasteiger partial charge is 0.338 e. The first-order chi connectivity index (χ1) is 8.26. The van der Waals surface area contributed by atoms with E-state index in [0.717, 1.165) is 17.9 Å². The molecule has 0 spiro atoms. The normalized spacial score (nSPS) is 10.0. The quantitative estimate of drug-likeness (QED) is 0.819. The van der Waals surface area contributed by atoms with Crippen molar-refractivity contribution < 1.29 is 4.79 Å². The first kappa shape index (κ1) is 13.8. The molecule has 0 saturated carbocycles. The van der Waals surface area contributed by atoms with E-state index in [-0.39, 0.29) is 6.03 Å². The highest BCUT2D eigenvalue weighted by atomic mass is 32.2. The minimum absolute atomic E-state index is 0.195. The third kappa shape index (κ3) is 5.58. The maximum absolute atomic E-state index is 11.4. The number of nitrogens with one attached hydrogen (secondary N) is 2. The van der Waals surface area contributed by atoms with Crippen molar-refractivity contribution in [2.45, 2.75) is 26.0 Å². The molecule has 0 bridgehead atoms. The van der Waals surface area contributed by atoms with Crippen LogP contribution in [0.2, 0.25) is 0 Å². The van der Waals surface area contributed by atoms with Gasteiger partial charge in [0.05, 0.1) is 0 Å². The summed E-state index contributed by atoms with van der Waals surface area (Å²) in [7, 11) is 0. The summed E-state index contributed by atoms with van der Waals surface area (Å²) in [4.78, 5) is 15.5. The Bertz CT molecular complexity index is 357. The fourth-order valence-corrected chi connectivity index (χ4v) is 1.87. The van der Waals surface area contributed by atoms with E-state index in [2.05, 4.69) is 22.5 Å². The third-order valence-electron chi connectivity index (χ3n) is 2.07.